The van der Waals surface area contributed by atoms with Gasteiger partial charge in [-0.05, 0) is 19.9 Å². The van der Waals surface area contributed by atoms with Gasteiger partial charge in [-0.25, -0.2) is 0 Å². The maximum atomic E-state index is 11.5. The third-order valence-corrected chi connectivity index (χ3v) is 2.37. The fraction of sp³-hybridized carbons (Fsp3) is 0.462. The van der Waals surface area contributed by atoms with Crippen LogP contribution in [0, 0.1) is 0 Å². The minimum absolute atomic E-state index is 0.190. The molecular formula is C13H19NO3. The summed E-state index contributed by atoms with van der Waals surface area (Å²) in [6.07, 6.45) is -0.143. The molecule has 0 heterocycles. The van der Waals surface area contributed by atoms with E-state index in [0.29, 0.717) is 18.9 Å². The second kappa shape index (κ2) is 6.91. The van der Waals surface area contributed by atoms with E-state index in [1.165, 1.54) is 0 Å². The zero-order valence-electron chi connectivity index (χ0n) is 10.3. The normalized spacial score (nSPS) is 12.1. The third kappa shape index (κ3) is 4.07. The Kier molecular flexibility index (Phi) is 5.49. The van der Waals surface area contributed by atoms with E-state index in [2.05, 4.69) is 0 Å². The molecule has 0 aliphatic heterocycles. The summed E-state index contributed by atoms with van der Waals surface area (Å²) < 4.78 is 10.5. The van der Waals surface area contributed by atoms with Crippen molar-refractivity contribution < 1.29 is 14.3 Å². The van der Waals surface area contributed by atoms with Crippen molar-refractivity contribution in [1.82, 2.24) is 0 Å². The smallest absolute Gasteiger partial charge is 0.308 e. The molecule has 0 bridgehead atoms. The van der Waals surface area contributed by atoms with Crippen LogP contribution in [0.4, 0.5) is 5.69 Å². The fourth-order valence-corrected chi connectivity index (χ4v) is 1.64. The van der Waals surface area contributed by atoms with Crippen LogP contribution < -0.4 is 5.73 Å². The zero-order chi connectivity index (χ0) is 12.7. The Morgan fingerprint density at radius 2 is 2.00 bits per heavy atom. The van der Waals surface area contributed by atoms with Gasteiger partial charge in [-0.3, -0.25) is 4.79 Å². The van der Waals surface area contributed by atoms with Gasteiger partial charge in [0.15, 0.2) is 0 Å². The van der Waals surface area contributed by atoms with E-state index in [-0.39, 0.29) is 18.5 Å². The van der Waals surface area contributed by atoms with Gasteiger partial charge in [-0.2, -0.15) is 0 Å². The van der Waals surface area contributed by atoms with Crippen molar-refractivity contribution in [3.05, 3.63) is 29.8 Å². The highest BCUT2D eigenvalue weighted by molar-refractivity contribution is 5.70. The van der Waals surface area contributed by atoms with Crippen LogP contribution in [0.15, 0.2) is 24.3 Å². The number of nitrogens with two attached hydrogens (primary N) is 1. The van der Waals surface area contributed by atoms with Crippen LogP contribution in [-0.2, 0) is 14.3 Å². The molecule has 17 heavy (non-hydrogen) atoms. The first-order chi connectivity index (χ1) is 8.19. The molecule has 0 radical (unpaired) electrons. The van der Waals surface area contributed by atoms with E-state index in [0.717, 1.165) is 5.56 Å². The Morgan fingerprint density at radius 1 is 1.29 bits per heavy atom. The van der Waals surface area contributed by atoms with Gasteiger partial charge in [0.2, 0.25) is 0 Å². The minimum Gasteiger partial charge on any atom is -0.466 e. The lowest BCUT2D eigenvalue weighted by atomic mass is 10.0. The highest BCUT2D eigenvalue weighted by atomic mass is 16.5. The van der Waals surface area contributed by atoms with Gasteiger partial charge in [0, 0.05) is 17.9 Å². The van der Waals surface area contributed by atoms with Crippen molar-refractivity contribution in [2.45, 2.75) is 26.4 Å². The van der Waals surface area contributed by atoms with Gasteiger partial charge in [-0.1, -0.05) is 18.2 Å². The number of esters is 1. The molecule has 0 aliphatic rings. The van der Waals surface area contributed by atoms with Crippen LogP contribution in [-0.4, -0.2) is 19.2 Å². The van der Waals surface area contributed by atoms with Crippen molar-refractivity contribution in [1.29, 1.82) is 0 Å². The molecule has 0 fully saturated rings. The van der Waals surface area contributed by atoms with E-state index < -0.39 is 0 Å². The molecule has 0 aliphatic carbocycles. The number of para-hydroxylation sites is 1. The molecule has 1 rings (SSSR count). The average molecular weight is 237 g/mol. The monoisotopic (exact) mass is 237 g/mol. The van der Waals surface area contributed by atoms with Gasteiger partial charge < -0.3 is 15.2 Å². The van der Waals surface area contributed by atoms with Crippen LogP contribution in [0.1, 0.15) is 31.9 Å². The summed E-state index contributed by atoms with van der Waals surface area (Å²) in [4.78, 5) is 11.5. The molecule has 1 unspecified atom stereocenters. The van der Waals surface area contributed by atoms with E-state index in [1.54, 1.807) is 13.0 Å². The number of benzene rings is 1. The van der Waals surface area contributed by atoms with Crippen LogP contribution in [0.25, 0.3) is 0 Å². The molecule has 2 N–H and O–H groups in total. The molecule has 1 aromatic carbocycles. The highest BCUT2D eigenvalue weighted by Gasteiger charge is 2.18. The summed E-state index contributed by atoms with van der Waals surface area (Å²) in [6.45, 7) is 4.57. The van der Waals surface area contributed by atoms with Crippen molar-refractivity contribution in [3.63, 3.8) is 0 Å². The molecule has 1 atom stereocenters. The number of hydrogen-bond acceptors (Lipinski definition) is 4. The first kappa shape index (κ1) is 13.5. The zero-order valence-corrected chi connectivity index (χ0v) is 10.3. The molecule has 94 valence electrons. The second-order valence-corrected chi connectivity index (χ2v) is 3.58. The van der Waals surface area contributed by atoms with Crippen molar-refractivity contribution in [2.75, 3.05) is 18.9 Å². The van der Waals surface area contributed by atoms with Gasteiger partial charge in [-0.15, -0.1) is 0 Å². The lowest BCUT2D eigenvalue weighted by molar-refractivity contribution is -0.146. The van der Waals surface area contributed by atoms with Crippen molar-refractivity contribution in [3.8, 4) is 0 Å². The van der Waals surface area contributed by atoms with Gasteiger partial charge in [0.25, 0.3) is 0 Å². The molecule has 4 nitrogen and oxygen atoms in total. The van der Waals surface area contributed by atoms with E-state index >= 15 is 0 Å². The average Bonchev–Trinajstić information content (AvgIpc) is 2.29. The molecule has 0 amide bonds. The Morgan fingerprint density at radius 3 is 2.59 bits per heavy atom. The van der Waals surface area contributed by atoms with Crippen LogP contribution in [0.5, 0.6) is 0 Å². The SMILES string of the molecule is CCOC(=O)CC(OCC)c1ccccc1N. The second-order valence-electron chi connectivity index (χ2n) is 3.58. The first-order valence-electron chi connectivity index (χ1n) is 5.80. The summed E-state index contributed by atoms with van der Waals surface area (Å²) in [6, 6.07) is 7.40. The predicted molar refractivity (Wildman–Crippen MR) is 66.5 cm³/mol. The topological polar surface area (TPSA) is 61.5 Å². The number of nitrogen functional groups attached to an aromatic ring is 1. The number of carbonyl (C=O) groups excluding carboxylic acids is 1. The van der Waals surface area contributed by atoms with Crippen LogP contribution >= 0.6 is 0 Å². The van der Waals surface area contributed by atoms with Gasteiger partial charge >= 0.3 is 5.97 Å². The Balaban J connectivity index is 2.78. The molecule has 1 aromatic rings. The Hall–Kier alpha value is -1.55. The minimum atomic E-state index is -0.333. The van der Waals surface area contributed by atoms with E-state index in [1.807, 2.05) is 25.1 Å². The quantitative estimate of drug-likeness (QED) is 0.609. The molecule has 0 aromatic heterocycles. The Labute approximate surface area is 102 Å². The molecule has 0 saturated heterocycles. The summed E-state index contributed by atoms with van der Waals surface area (Å²) in [5.41, 5.74) is 7.34. The lowest BCUT2D eigenvalue weighted by Gasteiger charge is -2.18. The molecule has 0 saturated carbocycles. The highest BCUT2D eigenvalue weighted by Crippen LogP contribution is 2.26. The predicted octanol–water partition coefficient (Wildman–Crippen LogP) is 2.30. The summed E-state index contributed by atoms with van der Waals surface area (Å²) in [5, 5.41) is 0. The van der Waals surface area contributed by atoms with Crippen molar-refractivity contribution in [2.24, 2.45) is 0 Å². The van der Waals surface area contributed by atoms with Gasteiger partial charge in [0.05, 0.1) is 19.1 Å². The standard InChI is InChI=1S/C13H19NO3/c1-3-16-12(9-13(15)17-4-2)10-7-5-6-8-11(10)14/h5-8,12H,3-4,9,14H2,1-2H3. The number of carbonyl (C=O) groups is 1. The molecule has 0 spiro atoms. The summed E-state index contributed by atoms with van der Waals surface area (Å²) in [5.74, 6) is -0.269. The first-order valence-corrected chi connectivity index (χ1v) is 5.80. The fourth-order valence-electron chi connectivity index (χ4n) is 1.64. The molecule has 4 heteroatoms. The van der Waals surface area contributed by atoms with E-state index in [9.17, 15) is 4.79 Å². The maximum absolute atomic E-state index is 11.5. The number of rotatable bonds is 6. The molecular weight excluding hydrogens is 218 g/mol. The largest absolute Gasteiger partial charge is 0.466 e. The van der Waals surface area contributed by atoms with E-state index in [4.69, 9.17) is 15.2 Å². The number of hydrogen-bond donors (Lipinski definition) is 1. The number of ether oxygens (including phenoxy) is 2. The Bertz CT molecular complexity index is 365. The summed E-state index contributed by atoms with van der Waals surface area (Å²) in [7, 11) is 0. The lowest BCUT2D eigenvalue weighted by Crippen LogP contribution is -2.14. The summed E-state index contributed by atoms with van der Waals surface area (Å²) >= 11 is 0. The number of anilines is 1. The van der Waals surface area contributed by atoms with Crippen LogP contribution in [0.2, 0.25) is 0 Å². The van der Waals surface area contributed by atoms with Gasteiger partial charge in [0.1, 0.15) is 0 Å². The van der Waals surface area contributed by atoms with Crippen LogP contribution in [0.3, 0.4) is 0 Å². The van der Waals surface area contributed by atoms with Crippen molar-refractivity contribution >= 4 is 11.7 Å². The maximum Gasteiger partial charge on any atom is 0.308 e. The third-order valence-electron chi connectivity index (χ3n) is 2.37.